The molecule has 1 aliphatic rings. The van der Waals surface area contributed by atoms with Crippen LogP contribution in [0.5, 0.6) is 0 Å². The van der Waals surface area contributed by atoms with Crippen LogP contribution in [-0.4, -0.2) is 22.8 Å². The Morgan fingerprint density at radius 3 is 2.83 bits per heavy atom. The minimum Gasteiger partial charge on any atom is -0.344 e. The maximum Gasteiger partial charge on any atom is 0.243 e. The van der Waals surface area contributed by atoms with Crippen molar-refractivity contribution in [3.05, 3.63) is 64.9 Å². The van der Waals surface area contributed by atoms with Gasteiger partial charge in [0.2, 0.25) is 11.8 Å². The van der Waals surface area contributed by atoms with Gasteiger partial charge in [-0.1, -0.05) is 29.8 Å². The van der Waals surface area contributed by atoms with E-state index in [2.05, 4.69) is 15.6 Å². The lowest BCUT2D eigenvalue weighted by Crippen LogP contribution is -2.43. The number of hydrogen-bond acceptors (Lipinski definition) is 3. The average Bonchev–Trinajstić information content (AvgIpc) is 3.00. The highest BCUT2D eigenvalue weighted by molar-refractivity contribution is 6.30. The summed E-state index contributed by atoms with van der Waals surface area (Å²) in [5.41, 5.74) is 1.56. The molecule has 3 rings (SSSR count). The van der Waals surface area contributed by atoms with E-state index < -0.39 is 12.1 Å². The summed E-state index contributed by atoms with van der Waals surface area (Å²) in [6.45, 7) is 0. The van der Waals surface area contributed by atoms with Crippen LogP contribution in [0.25, 0.3) is 0 Å². The van der Waals surface area contributed by atoms with Crippen LogP contribution in [0.15, 0.2) is 48.7 Å². The van der Waals surface area contributed by atoms with Crippen LogP contribution < -0.4 is 10.6 Å². The third kappa shape index (κ3) is 3.68. The quantitative estimate of drug-likeness (QED) is 0.903. The van der Waals surface area contributed by atoms with Crippen molar-refractivity contribution < 1.29 is 9.59 Å². The summed E-state index contributed by atoms with van der Waals surface area (Å²) in [4.78, 5) is 28.1. The molecular weight excluding hydrogens is 314 g/mol. The van der Waals surface area contributed by atoms with Crippen LogP contribution >= 0.6 is 11.6 Å². The summed E-state index contributed by atoms with van der Waals surface area (Å²) in [5, 5.41) is 6.23. The number of benzene rings is 1. The van der Waals surface area contributed by atoms with Crippen molar-refractivity contribution >= 4 is 23.4 Å². The molecule has 0 radical (unpaired) electrons. The zero-order valence-electron chi connectivity index (χ0n) is 12.3. The molecule has 6 heteroatoms. The Balaban J connectivity index is 1.87. The third-order valence-electron chi connectivity index (χ3n) is 3.76. The molecule has 0 bridgehead atoms. The summed E-state index contributed by atoms with van der Waals surface area (Å²) >= 11 is 6.07. The summed E-state index contributed by atoms with van der Waals surface area (Å²) < 4.78 is 0. The summed E-state index contributed by atoms with van der Waals surface area (Å²) in [7, 11) is 0. The van der Waals surface area contributed by atoms with E-state index in [1.54, 1.807) is 18.3 Å². The molecular formula is C17H16ClN3O2. The number of rotatable bonds is 4. The molecule has 1 fully saturated rings. The summed E-state index contributed by atoms with van der Waals surface area (Å²) in [5.74, 6) is -0.311. The Kier molecular flexibility index (Phi) is 4.57. The van der Waals surface area contributed by atoms with Crippen molar-refractivity contribution in [1.82, 2.24) is 15.6 Å². The second-order valence-electron chi connectivity index (χ2n) is 5.41. The van der Waals surface area contributed by atoms with Crippen molar-refractivity contribution in [2.24, 2.45) is 0 Å². The first-order valence-electron chi connectivity index (χ1n) is 7.39. The van der Waals surface area contributed by atoms with Crippen molar-refractivity contribution in [3.63, 3.8) is 0 Å². The lowest BCUT2D eigenvalue weighted by Gasteiger charge is -2.21. The van der Waals surface area contributed by atoms with E-state index in [0.717, 1.165) is 5.56 Å². The number of pyridine rings is 1. The van der Waals surface area contributed by atoms with Gasteiger partial charge in [0.25, 0.3) is 0 Å². The predicted octanol–water partition coefficient (Wildman–Crippen LogP) is 2.22. The number of hydrogen-bond donors (Lipinski definition) is 2. The van der Waals surface area contributed by atoms with Gasteiger partial charge in [-0.2, -0.15) is 0 Å². The van der Waals surface area contributed by atoms with Crippen LogP contribution in [-0.2, 0) is 9.59 Å². The van der Waals surface area contributed by atoms with Crippen LogP contribution in [0.2, 0.25) is 5.02 Å². The first-order chi connectivity index (χ1) is 11.1. The normalized spacial score (nSPS) is 18.3. The first kappa shape index (κ1) is 15.5. The molecule has 1 aromatic heterocycles. The van der Waals surface area contributed by atoms with E-state index in [-0.39, 0.29) is 11.8 Å². The molecule has 0 saturated carbocycles. The van der Waals surface area contributed by atoms with Gasteiger partial charge in [-0.15, -0.1) is 0 Å². The van der Waals surface area contributed by atoms with Crippen LogP contribution in [0.4, 0.5) is 0 Å². The molecule has 2 N–H and O–H groups in total. The van der Waals surface area contributed by atoms with Crippen LogP contribution in [0.1, 0.15) is 30.1 Å². The highest BCUT2D eigenvalue weighted by Crippen LogP contribution is 2.23. The van der Waals surface area contributed by atoms with E-state index in [4.69, 9.17) is 11.6 Å². The van der Waals surface area contributed by atoms with Crippen LogP contribution in [0, 0.1) is 0 Å². The van der Waals surface area contributed by atoms with Crippen molar-refractivity contribution in [2.45, 2.75) is 24.9 Å². The number of carbonyl (C=O) groups is 2. The van der Waals surface area contributed by atoms with Crippen molar-refractivity contribution in [2.75, 3.05) is 0 Å². The van der Waals surface area contributed by atoms with E-state index in [1.165, 1.54) is 0 Å². The van der Waals surface area contributed by atoms with Crippen molar-refractivity contribution in [1.29, 1.82) is 0 Å². The molecule has 2 aromatic rings. The maximum absolute atomic E-state index is 12.4. The topological polar surface area (TPSA) is 71.1 Å². The number of amides is 2. The Morgan fingerprint density at radius 2 is 2.17 bits per heavy atom. The molecule has 0 aliphatic carbocycles. The minimum absolute atomic E-state index is 0.0951. The van der Waals surface area contributed by atoms with E-state index in [0.29, 0.717) is 23.6 Å². The SMILES string of the molecule is O=C1CC[C@H](C(=O)N[C@H](c2cccc(Cl)c2)c2ccccn2)N1. The molecule has 0 unspecified atom stereocenters. The van der Waals surface area contributed by atoms with Gasteiger partial charge in [-0.05, 0) is 36.2 Å². The van der Waals surface area contributed by atoms with E-state index in [1.807, 2.05) is 30.3 Å². The Labute approximate surface area is 139 Å². The highest BCUT2D eigenvalue weighted by Gasteiger charge is 2.29. The Morgan fingerprint density at radius 1 is 1.30 bits per heavy atom. The van der Waals surface area contributed by atoms with Gasteiger partial charge < -0.3 is 10.6 Å². The van der Waals surface area contributed by atoms with Gasteiger partial charge >= 0.3 is 0 Å². The Hall–Kier alpha value is -2.40. The fraction of sp³-hybridized carbons (Fsp3) is 0.235. The van der Waals surface area contributed by atoms with Gasteiger partial charge in [0, 0.05) is 17.6 Å². The summed E-state index contributed by atoms with van der Waals surface area (Å²) in [6.07, 6.45) is 2.56. The minimum atomic E-state index is -0.493. The number of carbonyl (C=O) groups excluding carboxylic acids is 2. The standard InChI is InChI=1S/C17H16ClN3O2/c18-12-5-3-4-11(10-12)16(13-6-1-2-9-19-13)21-17(23)14-7-8-15(22)20-14/h1-6,9-10,14,16H,7-8H2,(H,20,22)(H,21,23)/t14-,16-/m1/s1. The van der Waals surface area contributed by atoms with Gasteiger partial charge in [0.15, 0.2) is 0 Å². The smallest absolute Gasteiger partial charge is 0.243 e. The lowest BCUT2D eigenvalue weighted by atomic mass is 10.0. The molecule has 1 aliphatic heterocycles. The fourth-order valence-corrected chi connectivity index (χ4v) is 2.81. The molecule has 1 aromatic carbocycles. The zero-order chi connectivity index (χ0) is 16.2. The molecule has 118 valence electrons. The van der Waals surface area contributed by atoms with Gasteiger partial charge in [-0.25, -0.2) is 0 Å². The molecule has 1 saturated heterocycles. The number of aromatic nitrogens is 1. The van der Waals surface area contributed by atoms with Crippen molar-refractivity contribution in [3.8, 4) is 0 Å². The molecule has 2 amide bonds. The fourth-order valence-electron chi connectivity index (χ4n) is 2.61. The molecule has 2 atom stereocenters. The first-order valence-corrected chi connectivity index (χ1v) is 7.77. The molecule has 5 nitrogen and oxygen atoms in total. The maximum atomic E-state index is 12.4. The number of nitrogens with zero attached hydrogens (tertiary/aromatic N) is 1. The highest BCUT2D eigenvalue weighted by atomic mass is 35.5. The van der Waals surface area contributed by atoms with E-state index >= 15 is 0 Å². The number of halogens is 1. The lowest BCUT2D eigenvalue weighted by molar-refractivity contribution is -0.126. The molecule has 0 spiro atoms. The average molecular weight is 330 g/mol. The van der Waals surface area contributed by atoms with Crippen LogP contribution in [0.3, 0.4) is 0 Å². The number of nitrogens with one attached hydrogen (secondary N) is 2. The molecule has 2 heterocycles. The predicted molar refractivity (Wildman–Crippen MR) is 86.8 cm³/mol. The molecule has 23 heavy (non-hydrogen) atoms. The third-order valence-corrected chi connectivity index (χ3v) is 4.00. The van der Waals surface area contributed by atoms with Gasteiger partial charge in [-0.3, -0.25) is 14.6 Å². The Bertz CT molecular complexity index is 721. The van der Waals surface area contributed by atoms with E-state index in [9.17, 15) is 9.59 Å². The summed E-state index contributed by atoms with van der Waals surface area (Å²) in [6, 6.07) is 11.9. The largest absolute Gasteiger partial charge is 0.344 e. The van der Waals surface area contributed by atoms with Gasteiger partial charge in [0.1, 0.15) is 6.04 Å². The monoisotopic (exact) mass is 329 g/mol. The zero-order valence-corrected chi connectivity index (χ0v) is 13.1. The van der Waals surface area contributed by atoms with Gasteiger partial charge in [0.05, 0.1) is 11.7 Å². The second kappa shape index (κ2) is 6.79. The second-order valence-corrected chi connectivity index (χ2v) is 5.85.